The Morgan fingerprint density at radius 1 is 1.05 bits per heavy atom. The van der Waals surface area contributed by atoms with Crippen LogP contribution in [-0.4, -0.2) is 9.97 Å². The Morgan fingerprint density at radius 3 is 2.40 bits per heavy atom. The predicted octanol–water partition coefficient (Wildman–Crippen LogP) is 4.22. The molecule has 0 unspecified atom stereocenters. The van der Waals surface area contributed by atoms with Gasteiger partial charge in [-0.25, -0.2) is 13.8 Å². The van der Waals surface area contributed by atoms with Crippen molar-refractivity contribution in [3.63, 3.8) is 0 Å². The van der Waals surface area contributed by atoms with Gasteiger partial charge in [0.15, 0.2) is 17.3 Å². The topological polar surface area (TPSA) is 35.0 Å². The first kappa shape index (κ1) is 14.4. The molecule has 1 heterocycles. The molecule has 20 heavy (non-hydrogen) atoms. The largest absolute Gasteiger partial charge is 0.436 e. The van der Waals surface area contributed by atoms with E-state index in [9.17, 15) is 22.0 Å². The fourth-order valence-electron chi connectivity index (χ4n) is 1.26. The highest BCUT2D eigenvalue weighted by Gasteiger charge is 2.34. The minimum atomic E-state index is -4.77. The third-order valence-electron chi connectivity index (χ3n) is 2.07. The molecule has 0 aliphatic rings. The number of halogens is 6. The van der Waals surface area contributed by atoms with Crippen molar-refractivity contribution in [2.75, 3.05) is 0 Å². The molecule has 0 aliphatic heterocycles. The molecule has 0 bridgehead atoms. The number of alkyl halides is 3. The highest BCUT2D eigenvalue weighted by atomic mass is 35.5. The average molecular weight is 311 g/mol. The molecule has 1 aromatic heterocycles. The van der Waals surface area contributed by atoms with Crippen LogP contribution in [0.2, 0.25) is 5.28 Å². The Kier molecular flexibility index (Phi) is 3.76. The van der Waals surface area contributed by atoms with Gasteiger partial charge in [0.25, 0.3) is 0 Å². The fraction of sp³-hybridized carbons (Fsp3) is 0.0909. The van der Waals surface area contributed by atoms with E-state index in [4.69, 9.17) is 16.3 Å². The molecular formula is C11H4ClF5N2O. The van der Waals surface area contributed by atoms with Crippen LogP contribution in [0.4, 0.5) is 22.0 Å². The van der Waals surface area contributed by atoms with Crippen LogP contribution in [-0.2, 0) is 6.18 Å². The second kappa shape index (κ2) is 5.20. The van der Waals surface area contributed by atoms with Gasteiger partial charge in [-0.2, -0.15) is 18.2 Å². The standard InChI is InChI=1S/C11H4ClF5N2O/c12-10-18-8(11(15,16)17)4-9(19-10)20-7-3-5(13)1-2-6(7)14/h1-4H. The van der Waals surface area contributed by atoms with Gasteiger partial charge < -0.3 is 4.74 Å². The summed E-state index contributed by atoms with van der Waals surface area (Å²) < 4.78 is 68.4. The van der Waals surface area contributed by atoms with Gasteiger partial charge in [0.1, 0.15) is 5.82 Å². The van der Waals surface area contributed by atoms with Crippen LogP contribution in [0.3, 0.4) is 0 Å². The van der Waals surface area contributed by atoms with Crippen molar-refractivity contribution in [3.8, 4) is 11.6 Å². The van der Waals surface area contributed by atoms with Gasteiger partial charge in [-0.3, -0.25) is 0 Å². The van der Waals surface area contributed by atoms with Gasteiger partial charge in [0.2, 0.25) is 11.2 Å². The molecule has 0 spiro atoms. The predicted molar refractivity (Wildman–Crippen MR) is 58.5 cm³/mol. The number of nitrogens with zero attached hydrogens (tertiary/aromatic N) is 2. The van der Waals surface area contributed by atoms with Crippen LogP contribution < -0.4 is 4.74 Å². The first-order valence-corrected chi connectivity index (χ1v) is 5.38. The summed E-state index contributed by atoms with van der Waals surface area (Å²) in [6.45, 7) is 0. The Hall–Kier alpha value is -1.96. The Morgan fingerprint density at radius 2 is 1.75 bits per heavy atom. The van der Waals surface area contributed by atoms with Crippen molar-refractivity contribution >= 4 is 11.6 Å². The molecule has 9 heteroatoms. The highest BCUT2D eigenvalue weighted by molar-refractivity contribution is 6.28. The molecule has 2 rings (SSSR count). The Bertz CT molecular complexity index is 647. The highest BCUT2D eigenvalue weighted by Crippen LogP contribution is 2.32. The van der Waals surface area contributed by atoms with E-state index < -0.39 is 40.4 Å². The lowest BCUT2D eigenvalue weighted by Crippen LogP contribution is -2.09. The lowest BCUT2D eigenvalue weighted by Gasteiger charge is -2.09. The number of rotatable bonds is 2. The average Bonchev–Trinajstić information content (AvgIpc) is 2.32. The smallest absolute Gasteiger partial charge is 0.433 e. The van der Waals surface area contributed by atoms with Gasteiger partial charge in [0, 0.05) is 12.1 Å². The normalized spacial score (nSPS) is 11.5. The summed E-state index contributed by atoms with van der Waals surface area (Å²) in [4.78, 5) is 6.32. The first-order chi connectivity index (χ1) is 9.25. The van der Waals surface area contributed by atoms with E-state index in [-0.39, 0.29) is 0 Å². The van der Waals surface area contributed by atoms with Crippen LogP contribution >= 0.6 is 11.6 Å². The van der Waals surface area contributed by atoms with Crippen molar-refractivity contribution in [1.29, 1.82) is 0 Å². The SMILES string of the molecule is Fc1ccc(F)c(Oc2cc(C(F)(F)F)nc(Cl)n2)c1. The molecule has 0 saturated carbocycles. The summed E-state index contributed by atoms with van der Waals surface area (Å²) in [5, 5.41) is -0.730. The molecule has 106 valence electrons. The molecule has 0 amide bonds. The second-order valence-corrected chi connectivity index (χ2v) is 3.87. The quantitative estimate of drug-likeness (QED) is 0.615. The Labute approximate surface area is 114 Å². The van der Waals surface area contributed by atoms with E-state index in [1.165, 1.54) is 0 Å². The van der Waals surface area contributed by atoms with E-state index in [2.05, 4.69) is 9.97 Å². The van der Waals surface area contributed by atoms with E-state index >= 15 is 0 Å². The zero-order chi connectivity index (χ0) is 14.9. The number of benzene rings is 1. The van der Waals surface area contributed by atoms with Gasteiger partial charge in [-0.1, -0.05) is 0 Å². The van der Waals surface area contributed by atoms with Crippen molar-refractivity contribution in [2.45, 2.75) is 6.18 Å². The minimum absolute atomic E-state index is 0.427. The molecule has 0 atom stereocenters. The molecule has 0 saturated heterocycles. The molecule has 0 N–H and O–H groups in total. The third kappa shape index (κ3) is 3.32. The van der Waals surface area contributed by atoms with Crippen LogP contribution in [0, 0.1) is 11.6 Å². The monoisotopic (exact) mass is 310 g/mol. The zero-order valence-electron chi connectivity index (χ0n) is 9.38. The summed E-state index contributed by atoms with van der Waals surface area (Å²) in [5.41, 5.74) is -1.36. The number of ether oxygens (including phenoxy) is 1. The van der Waals surface area contributed by atoms with Crippen LogP contribution in [0.5, 0.6) is 11.6 Å². The maximum absolute atomic E-state index is 13.3. The van der Waals surface area contributed by atoms with Gasteiger partial charge in [-0.15, -0.1) is 0 Å². The van der Waals surface area contributed by atoms with Crippen molar-refractivity contribution < 1.29 is 26.7 Å². The lowest BCUT2D eigenvalue weighted by molar-refractivity contribution is -0.141. The summed E-state index contributed by atoms with van der Waals surface area (Å²) in [5.74, 6) is -3.05. The number of aromatic nitrogens is 2. The van der Waals surface area contributed by atoms with E-state index in [0.717, 1.165) is 12.1 Å². The van der Waals surface area contributed by atoms with Crippen LogP contribution in [0.25, 0.3) is 0 Å². The van der Waals surface area contributed by atoms with Gasteiger partial charge in [-0.05, 0) is 23.7 Å². The summed E-state index contributed by atoms with van der Waals surface area (Å²) >= 11 is 5.32. The molecule has 0 radical (unpaired) electrons. The molecule has 1 aromatic carbocycles. The fourth-order valence-corrected chi connectivity index (χ4v) is 1.44. The maximum Gasteiger partial charge on any atom is 0.433 e. The van der Waals surface area contributed by atoms with Crippen molar-refractivity contribution in [3.05, 3.63) is 46.9 Å². The molecule has 3 nitrogen and oxygen atoms in total. The molecule has 0 fully saturated rings. The maximum atomic E-state index is 13.3. The summed E-state index contributed by atoms with van der Waals surface area (Å²) in [7, 11) is 0. The van der Waals surface area contributed by atoms with Crippen molar-refractivity contribution in [2.24, 2.45) is 0 Å². The first-order valence-electron chi connectivity index (χ1n) is 5.00. The zero-order valence-corrected chi connectivity index (χ0v) is 10.1. The third-order valence-corrected chi connectivity index (χ3v) is 2.24. The summed E-state index contributed by atoms with van der Waals surface area (Å²) in [6, 6.07) is 2.68. The summed E-state index contributed by atoms with van der Waals surface area (Å²) in [6.07, 6.45) is -4.77. The van der Waals surface area contributed by atoms with Gasteiger partial charge in [0.05, 0.1) is 0 Å². The molecular weight excluding hydrogens is 307 g/mol. The molecule has 2 aromatic rings. The van der Waals surface area contributed by atoms with Crippen LogP contribution in [0.15, 0.2) is 24.3 Å². The van der Waals surface area contributed by atoms with Gasteiger partial charge >= 0.3 is 6.18 Å². The van der Waals surface area contributed by atoms with Crippen LogP contribution in [0.1, 0.15) is 5.69 Å². The number of hydrogen-bond donors (Lipinski definition) is 0. The second-order valence-electron chi connectivity index (χ2n) is 3.54. The molecule has 0 aliphatic carbocycles. The lowest BCUT2D eigenvalue weighted by atomic mass is 10.3. The van der Waals surface area contributed by atoms with E-state index in [1.807, 2.05) is 0 Å². The van der Waals surface area contributed by atoms with E-state index in [1.54, 1.807) is 0 Å². The minimum Gasteiger partial charge on any atom is -0.436 e. The van der Waals surface area contributed by atoms with Crippen molar-refractivity contribution in [1.82, 2.24) is 9.97 Å². The Balaban J connectivity index is 2.39. The number of hydrogen-bond acceptors (Lipinski definition) is 3. The van der Waals surface area contributed by atoms with E-state index in [0.29, 0.717) is 12.1 Å².